The van der Waals surface area contributed by atoms with E-state index in [2.05, 4.69) is 11.1 Å². The van der Waals surface area contributed by atoms with E-state index in [0.29, 0.717) is 22.8 Å². The molecule has 0 radical (unpaired) electrons. The molecule has 0 spiro atoms. The monoisotopic (exact) mass is 422 g/mol. The van der Waals surface area contributed by atoms with Crippen molar-refractivity contribution >= 4 is 17.0 Å². The SMILES string of the molecule is CN=c1scc(-c2cc(OC)c(OC)c(OC)c2)n1N=C(C)c1ccc(C#N)cc1. The van der Waals surface area contributed by atoms with Crippen LogP contribution in [0, 0.1) is 11.3 Å². The van der Waals surface area contributed by atoms with Gasteiger partial charge in [0.25, 0.3) is 0 Å². The van der Waals surface area contributed by atoms with Crippen LogP contribution in [-0.2, 0) is 0 Å². The second-order valence-corrected chi connectivity index (χ2v) is 7.06. The van der Waals surface area contributed by atoms with Crippen LogP contribution in [0.4, 0.5) is 0 Å². The molecule has 1 aromatic heterocycles. The molecule has 3 aromatic rings. The zero-order valence-electron chi connectivity index (χ0n) is 17.5. The maximum absolute atomic E-state index is 9.00. The van der Waals surface area contributed by atoms with Gasteiger partial charge in [0.05, 0.1) is 44.4 Å². The summed E-state index contributed by atoms with van der Waals surface area (Å²) >= 11 is 1.48. The van der Waals surface area contributed by atoms with Gasteiger partial charge in [0, 0.05) is 18.0 Å². The number of nitriles is 1. The average Bonchev–Trinajstić information content (AvgIpc) is 3.20. The third-order valence-electron chi connectivity index (χ3n) is 4.52. The molecule has 0 aliphatic rings. The zero-order chi connectivity index (χ0) is 21.7. The minimum atomic E-state index is 0.531. The fourth-order valence-corrected chi connectivity index (χ4v) is 3.77. The van der Waals surface area contributed by atoms with E-state index in [-0.39, 0.29) is 0 Å². The van der Waals surface area contributed by atoms with E-state index >= 15 is 0 Å². The Morgan fingerprint density at radius 3 is 2.17 bits per heavy atom. The van der Waals surface area contributed by atoms with Crippen LogP contribution in [0.2, 0.25) is 0 Å². The molecule has 1 heterocycles. The van der Waals surface area contributed by atoms with Crippen LogP contribution in [0.3, 0.4) is 0 Å². The molecule has 0 aliphatic carbocycles. The minimum Gasteiger partial charge on any atom is -0.493 e. The van der Waals surface area contributed by atoms with E-state index in [4.69, 9.17) is 24.6 Å². The number of ether oxygens (including phenoxy) is 3. The molecular formula is C22H22N4O3S. The van der Waals surface area contributed by atoms with Gasteiger partial charge in [-0.25, -0.2) is 4.68 Å². The Balaban J connectivity index is 2.16. The lowest BCUT2D eigenvalue weighted by Crippen LogP contribution is -2.14. The van der Waals surface area contributed by atoms with Crippen LogP contribution < -0.4 is 19.0 Å². The average molecular weight is 423 g/mol. The number of methoxy groups -OCH3 is 3. The molecule has 3 rings (SSSR count). The maximum atomic E-state index is 9.00. The van der Waals surface area contributed by atoms with Crippen LogP contribution in [0.15, 0.2) is 51.9 Å². The molecule has 30 heavy (non-hydrogen) atoms. The van der Waals surface area contributed by atoms with Gasteiger partial charge in [0.2, 0.25) is 10.6 Å². The highest BCUT2D eigenvalue weighted by Crippen LogP contribution is 2.41. The first kappa shape index (κ1) is 21.1. The second kappa shape index (κ2) is 9.29. The predicted molar refractivity (Wildman–Crippen MR) is 118 cm³/mol. The highest BCUT2D eigenvalue weighted by molar-refractivity contribution is 7.07. The van der Waals surface area contributed by atoms with Gasteiger partial charge in [-0.05, 0) is 36.8 Å². The summed E-state index contributed by atoms with van der Waals surface area (Å²) in [6.45, 7) is 1.92. The third-order valence-corrected chi connectivity index (χ3v) is 5.43. The van der Waals surface area contributed by atoms with Gasteiger partial charge in [0.1, 0.15) is 0 Å². The Kier molecular flexibility index (Phi) is 6.54. The van der Waals surface area contributed by atoms with E-state index < -0.39 is 0 Å². The number of nitrogens with zero attached hydrogens (tertiary/aromatic N) is 4. The van der Waals surface area contributed by atoms with Crippen LogP contribution in [-0.4, -0.2) is 38.8 Å². The fraction of sp³-hybridized carbons (Fsp3) is 0.227. The summed E-state index contributed by atoms with van der Waals surface area (Å²) in [6, 6.07) is 13.2. The smallest absolute Gasteiger partial charge is 0.205 e. The number of thiazole rings is 1. The van der Waals surface area contributed by atoms with E-state index in [1.807, 2.05) is 36.6 Å². The molecule has 2 aromatic carbocycles. The summed E-state index contributed by atoms with van der Waals surface area (Å²) in [4.78, 5) is 5.10. The Hall–Kier alpha value is -3.57. The van der Waals surface area contributed by atoms with Crippen molar-refractivity contribution < 1.29 is 14.2 Å². The molecule has 8 heteroatoms. The summed E-state index contributed by atoms with van der Waals surface area (Å²) < 4.78 is 18.2. The van der Waals surface area contributed by atoms with Gasteiger partial charge < -0.3 is 14.2 Å². The van der Waals surface area contributed by atoms with Crippen molar-refractivity contribution in [1.29, 1.82) is 5.26 Å². The molecule has 0 saturated carbocycles. The Labute approximate surface area is 179 Å². The summed E-state index contributed by atoms with van der Waals surface area (Å²) in [5.41, 5.74) is 4.02. The van der Waals surface area contributed by atoms with E-state index in [9.17, 15) is 0 Å². The summed E-state index contributed by atoms with van der Waals surface area (Å²) in [5.74, 6) is 1.66. The van der Waals surface area contributed by atoms with Crippen LogP contribution in [0.1, 0.15) is 18.1 Å². The molecule has 0 atom stereocenters. The highest BCUT2D eigenvalue weighted by atomic mass is 32.1. The lowest BCUT2D eigenvalue weighted by molar-refractivity contribution is 0.324. The lowest BCUT2D eigenvalue weighted by Gasteiger charge is -2.14. The molecule has 154 valence electrons. The number of rotatable bonds is 6. The Bertz CT molecular complexity index is 1160. The lowest BCUT2D eigenvalue weighted by atomic mass is 10.1. The van der Waals surface area contributed by atoms with Gasteiger partial charge in [-0.3, -0.25) is 4.99 Å². The van der Waals surface area contributed by atoms with Crippen molar-refractivity contribution in [2.75, 3.05) is 28.4 Å². The van der Waals surface area contributed by atoms with Crippen LogP contribution >= 0.6 is 11.3 Å². The molecule has 0 amide bonds. The van der Waals surface area contributed by atoms with Crippen molar-refractivity contribution in [2.45, 2.75) is 6.92 Å². The standard InChI is InChI=1S/C22H22N4O3S/c1-14(16-8-6-15(12-23)7-9-16)25-26-18(13-30-22(26)24-2)17-10-19(27-3)21(29-5)20(11-17)28-4/h6-11,13H,1-5H3. The van der Waals surface area contributed by atoms with E-state index in [1.54, 1.807) is 45.2 Å². The largest absolute Gasteiger partial charge is 0.493 e. The fourth-order valence-electron chi connectivity index (χ4n) is 2.97. The Morgan fingerprint density at radius 1 is 1.03 bits per heavy atom. The van der Waals surface area contributed by atoms with Gasteiger partial charge in [-0.2, -0.15) is 10.4 Å². The molecule has 0 bridgehead atoms. The molecule has 0 fully saturated rings. The Morgan fingerprint density at radius 2 is 1.67 bits per heavy atom. The van der Waals surface area contributed by atoms with Crippen molar-refractivity contribution in [3.05, 3.63) is 57.7 Å². The number of benzene rings is 2. The normalized spacial score (nSPS) is 11.9. The maximum Gasteiger partial charge on any atom is 0.205 e. The zero-order valence-corrected chi connectivity index (χ0v) is 18.3. The number of aromatic nitrogens is 1. The number of hydrogen-bond donors (Lipinski definition) is 0. The quantitative estimate of drug-likeness (QED) is 0.564. The molecular weight excluding hydrogens is 400 g/mol. The van der Waals surface area contributed by atoms with Crippen molar-refractivity contribution in [3.63, 3.8) is 0 Å². The van der Waals surface area contributed by atoms with Crippen molar-refractivity contribution in [2.24, 2.45) is 10.1 Å². The second-order valence-electron chi connectivity index (χ2n) is 6.23. The first-order chi connectivity index (χ1) is 14.6. The molecule has 7 nitrogen and oxygen atoms in total. The first-order valence-corrected chi connectivity index (χ1v) is 9.94. The van der Waals surface area contributed by atoms with E-state index in [1.165, 1.54) is 11.3 Å². The summed E-state index contributed by atoms with van der Waals surface area (Å²) in [6.07, 6.45) is 0. The topological polar surface area (TPSA) is 81.1 Å². The summed E-state index contributed by atoms with van der Waals surface area (Å²) in [7, 11) is 6.48. The molecule has 0 saturated heterocycles. The summed E-state index contributed by atoms with van der Waals surface area (Å²) in [5, 5.41) is 15.8. The first-order valence-electron chi connectivity index (χ1n) is 9.06. The van der Waals surface area contributed by atoms with Crippen molar-refractivity contribution in [3.8, 4) is 34.6 Å². The molecule has 0 aliphatic heterocycles. The van der Waals surface area contributed by atoms with E-state index in [0.717, 1.165) is 27.3 Å². The molecule has 0 unspecified atom stereocenters. The van der Waals surface area contributed by atoms with Crippen molar-refractivity contribution in [1.82, 2.24) is 4.68 Å². The van der Waals surface area contributed by atoms with Crippen LogP contribution in [0.25, 0.3) is 11.3 Å². The molecule has 0 N–H and O–H groups in total. The van der Waals surface area contributed by atoms with Gasteiger partial charge in [0.15, 0.2) is 11.5 Å². The highest BCUT2D eigenvalue weighted by Gasteiger charge is 2.17. The predicted octanol–water partition coefficient (Wildman–Crippen LogP) is 3.92. The minimum absolute atomic E-state index is 0.531. The third kappa shape index (κ3) is 4.07. The van der Waals surface area contributed by atoms with Gasteiger partial charge >= 0.3 is 0 Å². The van der Waals surface area contributed by atoms with Gasteiger partial charge in [-0.1, -0.05) is 12.1 Å². The van der Waals surface area contributed by atoms with Crippen LogP contribution in [0.5, 0.6) is 17.2 Å². The number of hydrogen-bond acceptors (Lipinski definition) is 7. The van der Waals surface area contributed by atoms with Gasteiger partial charge in [-0.15, -0.1) is 11.3 Å².